The summed E-state index contributed by atoms with van der Waals surface area (Å²) in [5, 5.41) is 0.609. The Kier molecular flexibility index (Phi) is 4.71. The van der Waals surface area contributed by atoms with Crippen LogP contribution in [0.5, 0.6) is 0 Å². The lowest BCUT2D eigenvalue weighted by molar-refractivity contribution is -0.132. The fourth-order valence-electron chi connectivity index (χ4n) is 4.09. The molecule has 2 aromatic carbocycles. The molecule has 2 aromatic heterocycles. The maximum atomic E-state index is 13.2. The Bertz CT molecular complexity index is 1310. The summed E-state index contributed by atoms with van der Waals surface area (Å²) in [5.41, 5.74) is 4.32. The van der Waals surface area contributed by atoms with Crippen molar-refractivity contribution in [1.82, 2.24) is 14.5 Å². The Hall–Kier alpha value is -3.25. The molecule has 3 heterocycles. The molecule has 1 aliphatic rings. The Morgan fingerprint density at radius 2 is 1.80 bits per heavy atom. The van der Waals surface area contributed by atoms with Crippen LogP contribution in [-0.2, 0) is 24.3 Å². The highest BCUT2D eigenvalue weighted by atomic mass is 32.1. The van der Waals surface area contributed by atoms with E-state index in [0.29, 0.717) is 23.3 Å². The van der Waals surface area contributed by atoms with E-state index < -0.39 is 0 Å². The minimum Gasteiger partial charge on any atom is -0.336 e. The van der Waals surface area contributed by atoms with Gasteiger partial charge in [0, 0.05) is 18.0 Å². The third-order valence-electron chi connectivity index (χ3n) is 5.74. The fourth-order valence-corrected chi connectivity index (χ4v) is 5.24. The van der Waals surface area contributed by atoms with Gasteiger partial charge in [-0.05, 0) is 35.6 Å². The lowest BCUT2D eigenvalue weighted by Gasteiger charge is -2.29. The minimum absolute atomic E-state index is 0.0138. The lowest BCUT2D eigenvalue weighted by Crippen LogP contribution is -2.39. The number of aromatic nitrogens is 2. The number of rotatable bonds is 3. The van der Waals surface area contributed by atoms with Crippen LogP contribution in [-0.4, -0.2) is 26.9 Å². The molecule has 4 aromatic rings. The zero-order valence-corrected chi connectivity index (χ0v) is 17.5. The van der Waals surface area contributed by atoms with Gasteiger partial charge in [0.25, 0.3) is 5.56 Å². The molecule has 0 atom stereocenters. The average Bonchev–Trinajstić information content (AvgIpc) is 3.13. The number of carbonyl (C=O) groups is 1. The molecular formula is C24H21N3O2S. The van der Waals surface area contributed by atoms with Gasteiger partial charge in [-0.1, -0.05) is 54.6 Å². The van der Waals surface area contributed by atoms with Crippen LogP contribution in [0.4, 0.5) is 0 Å². The molecule has 1 aliphatic heterocycles. The SMILES string of the molecule is Cc1c(-c2ccccc2)sc2ncn(CC(=O)N3CCc4ccccc4C3)c(=O)c12. The van der Waals surface area contributed by atoms with Gasteiger partial charge in [0.1, 0.15) is 11.4 Å². The van der Waals surface area contributed by atoms with Crippen LogP contribution in [0.25, 0.3) is 20.7 Å². The molecule has 6 heteroatoms. The number of carbonyl (C=O) groups excluding carboxylic acids is 1. The molecular weight excluding hydrogens is 394 g/mol. The van der Waals surface area contributed by atoms with Gasteiger partial charge < -0.3 is 4.90 Å². The molecule has 30 heavy (non-hydrogen) atoms. The lowest BCUT2D eigenvalue weighted by atomic mass is 10.00. The van der Waals surface area contributed by atoms with E-state index in [4.69, 9.17) is 0 Å². The van der Waals surface area contributed by atoms with E-state index in [1.54, 1.807) is 0 Å². The molecule has 0 spiro atoms. The van der Waals surface area contributed by atoms with E-state index in [1.807, 2.05) is 54.3 Å². The van der Waals surface area contributed by atoms with Gasteiger partial charge >= 0.3 is 0 Å². The number of aryl methyl sites for hydroxylation is 1. The summed E-state index contributed by atoms with van der Waals surface area (Å²) in [6.07, 6.45) is 2.35. The first-order chi connectivity index (χ1) is 14.6. The van der Waals surface area contributed by atoms with Crippen LogP contribution < -0.4 is 5.56 Å². The van der Waals surface area contributed by atoms with E-state index in [-0.39, 0.29) is 18.0 Å². The van der Waals surface area contributed by atoms with Crippen molar-refractivity contribution in [1.29, 1.82) is 0 Å². The van der Waals surface area contributed by atoms with Crippen molar-refractivity contribution >= 4 is 27.5 Å². The smallest absolute Gasteiger partial charge is 0.262 e. The largest absolute Gasteiger partial charge is 0.336 e. The second kappa shape index (κ2) is 7.54. The molecule has 5 nitrogen and oxygen atoms in total. The summed E-state index contributed by atoms with van der Waals surface area (Å²) in [6.45, 7) is 3.24. The normalized spacial score (nSPS) is 13.4. The van der Waals surface area contributed by atoms with Crippen molar-refractivity contribution in [2.24, 2.45) is 0 Å². The molecule has 0 fully saturated rings. The van der Waals surface area contributed by atoms with Gasteiger partial charge in [-0.25, -0.2) is 4.98 Å². The molecule has 1 amide bonds. The van der Waals surface area contributed by atoms with Crippen LogP contribution in [0.1, 0.15) is 16.7 Å². The highest BCUT2D eigenvalue weighted by Crippen LogP contribution is 2.35. The first kappa shape index (κ1) is 18.8. The van der Waals surface area contributed by atoms with Crippen LogP contribution in [0.15, 0.2) is 65.7 Å². The van der Waals surface area contributed by atoms with Crippen molar-refractivity contribution in [3.63, 3.8) is 0 Å². The van der Waals surface area contributed by atoms with Gasteiger partial charge in [-0.3, -0.25) is 14.2 Å². The Labute approximate surface area is 178 Å². The second-order valence-corrected chi connectivity index (χ2v) is 8.61. The zero-order chi connectivity index (χ0) is 20.7. The average molecular weight is 416 g/mol. The van der Waals surface area contributed by atoms with Gasteiger partial charge in [0.15, 0.2) is 0 Å². The first-order valence-corrected chi connectivity index (χ1v) is 10.8. The van der Waals surface area contributed by atoms with E-state index in [9.17, 15) is 9.59 Å². The van der Waals surface area contributed by atoms with Crippen molar-refractivity contribution in [2.45, 2.75) is 26.4 Å². The highest BCUT2D eigenvalue weighted by Gasteiger charge is 2.22. The van der Waals surface area contributed by atoms with Crippen LogP contribution >= 0.6 is 11.3 Å². The van der Waals surface area contributed by atoms with Crippen molar-refractivity contribution in [3.8, 4) is 10.4 Å². The van der Waals surface area contributed by atoms with Gasteiger partial charge in [-0.2, -0.15) is 0 Å². The number of fused-ring (bicyclic) bond motifs is 2. The first-order valence-electron chi connectivity index (χ1n) is 10.0. The molecule has 0 unspecified atom stereocenters. The third-order valence-corrected chi connectivity index (χ3v) is 6.99. The summed E-state index contributed by atoms with van der Waals surface area (Å²) in [7, 11) is 0. The number of thiophene rings is 1. The summed E-state index contributed by atoms with van der Waals surface area (Å²) < 4.78 is 1.44. The van der Waals surface area contributed by atoms with E-state index >= 15 is 0 Å². The highest BCUT2D eigenvalue weighted by molar-refractivity contribution is 7.22. The van der Waals surface area contributed by atoms with Crippen LogP contribution in [0, 0.1) is 6.92 Å². The van der Waals surface area contributed by atoms with Crippen molar-refractivity contribution in [2.75, 3.05) is 6.54 Å². The number of nitrogens with zero attached hydrogens (tertiary/aromatic N) is 3. The maximum Gasteiger partial charge on any atom is 0.262 e. The van der Waals surface area contributed by atoms with Gasteiger partial charge in [0.05, 0.1) is 11.7 Å². The van der Waals surface area contributed by atoms with Crippen molar-refractivity contribution in [3.05, 3.63) is 88.0 Å². The summed E-state index contributed by atoms with van der Waals surface area (Å²) in [6, 6.07) is 18.2. The third kappa shape index (κ3) is 3.23. The molecule has 0 N–H and O–H groups in total. The molecule has 0 bridgehead atoms. The second-order valence-electron chi connectivity index (χ2n) is 7.61. The molecule has 0 radical (unpaired) electrons. The summed E-state index contributed by atoms with van der Waals surface area (Å²) in [4.78, 5) is 34.2. The Balaban J connectivity index is 1.44. The molecule has 150 valence electrons. The number of amides is 1. The topological polar surface area (TPSA) is 55.2 Å². The summed E-state index contributed by atoms with van der Waals surface area (Å²) >= 11 is 1.52. The fraction of sp³-hybridized carbons (Fsp3) is 0.208. The van der Waals surface area contributed by atoms with E-state index in [2.05, 4.69) is 17.1 Å². The number of benzene rings is 2. The standard InChI is InChI=1S/C24H21N3O2S/c1-16-21-23(30-22(16)18-8-3-2-4-9-18)25-15-27(24(21)29)14-20(28)26-12-11-17-7-5-6-10-19(17)13-26/h2-10,15H,11-14H2,1H3. The van der Waals surface area contributed by atoms with E-state index in [1.165, 1.54) is 33.4 Å². The molecule has 0 aliphatic carbocycles. The van der Waals surface area contributed by atoms with E-state index in [0.717, 1.165) is 22.4 Å². The number of hydrogen-bond donors (Lipinski definition) is 0. The van der Waals surface area contributed by atoms with Gasteiger partial charge in [-0.15, -0.1) is 11.3 Å². The maximum absolute atomic E-state index is 13.2. The van der Waals surface area contributed by atoms with Crippen LogP contribution in [0.2, 0.25) is 0 Å². The quantitative estimate of drug-likeness (QED) is 0.508. The minimum atomic E-state index is -0.151. The molecule has 5 rings (SSSR count). The monoisotopic (exact) mass is 415 g/mol. The predicted molar refractivity (Wildman–Crippen MR) is 120 cm³/mol. The number of hydrogen-bond acceptors (Lipinski definition) is 4. The van der Waals surface area contributed by atoms with Gasteiger partial charge in [0.2, 0.25) is 5.91 Å². The molecule has 0 saturated heterocycles. The van der Waals surface area contributed by atoms with Crippen molar-refractivity contribution < 1.29 is 4.79 Å². The Morgan fingerprint density at radius 1 is 1.07 bits per heavy atom. The summed E-state index contributed by atoms with van der Waals surface area (Å²) in [5.74, 6) is -0.0519. The predicted octanol–water partition coefficient (Wildman–Crippen LogP) is 4.02. The Morgan fingerprint density at radius 3 is 2.60 bits per heavy atom. The zero-order valence-electron chi connectivity index (χ0n) is 16.7. The molecule has 0 saturated carbocycles. The van der Waals surface area contributed by atoms with Crippen LogP contribution in [0.3, 0.4) is 0 Å².